The molecule has 0 aromatic heterocycles. The third-order valence-corrected chi connectivity index (χ3v) is 4.59. The normalized spacial score (nSPS) is 16.9. The van der Waals surface area contributed by atoms with E-state index in [2.05, 4.69) is 0 Å². The van der Waals surface area contributed by atoms with Crippen LogP contribution in [0.4, 0.5) is 5.69 Å². The molecular weight excluding hydrogens is 300 g/mol. The van der Waals surface area contributed by atoms with Gasteiger partial charge in [0.2, 0.25) is 0 Å². The number of nitrogens with zero attached hydrogens (tertiary/aromatic N) is 1. The fourth-order valence-electron chi connectivity index (χ4n) is 2.64. The summed E-state index contributed by atoms with van der Waals surface area (Å²) in [4.78, 5) is 0. The molecule has 0 aliphatic heterocycles. The molecular formula is C13H21ClN2O3S. The highest BCUT2D eigenvalue weighted by Crippen LogP contribution is 2.26. The SMILES string of the molecule is Cl.Nc1cccc(CN(C2CCCCC2)S(=O)(=O)O)c1. The number of rotatable bonds is 4. The van der Waals surface area contributed by atoms with Crippen LogP contribution in [-0.4, -0.2) is 23.3 Å². The van der Waals surface area contributed by atoms with E-state index in [-0.39, 0.29) is 25.0 Å². The molecule has 0 atom stereocenters. The maximum atomic E-state index is 11.6. The fourth-order valence-corrected chi connectivity index (χ4v) is 3.54. The van der Waals surface area contributed by atoms with E-state index in [4.69, 9.17) is 5.73 Å². The highest BCUT2D eigenvalue weighted by Gasteiger charge is 2.29. The first-order valence-electron chi connectivity index (χ1n) is 6.55. The molecule has 2 rings (SSSR count). The van der Waals surface area contributed by atoms with Gasteiger partial charge in [-0.25, -0.2) is 0 Å². The molecule has 3 N–H and O–H groups in total. The quantitative estimate of drug-likeness (QED) is 0.660. The Morgan fingerprint density at radius 1 is 1.25 bits per heavy atom. The van der Waals surface area contributed by atoms with Gasteiger partial charge in [0.15, 0.2) is 0 Å². The van der Waals surface area contributed by atoms with E-state index in [0.29, 0.717) is 5.69 Å². The van der Waals surface area contributed by atoms with Crippen molar-refractivity contribution in [1.29, 1.82) is 0 Å². The Morgan fingerprint density at radius 2 is 1.90 bits per heavy atom. The van der Waals surface area contributed by atoms with E-state index >= 15 is 0 Å². The second kappa shape index (κ2) is 7.26. The van der Waals surface area contributed by atoms with Crippen LogP contribution < -0.4 is 5.73 Å². The van der Waals surface area contributed by atoms with Crippen LogP contribution in [0.1, 0.15) is 37.7 Å². The van der Waals surface area contributed by atoms with Crippen LogP contribution in [-0.2, 0) is 16.8 Å². The van der Waals surface area contributed by atoms with Crippen molar-refractivity contribution in [2.24, 2.45) is 0 Å². The first-order valence-corrected chi connectivity index (χ1v) is 7.95. The van der Waals surface area contributed by atoms with Gasteiger partial charge in [-0.2, -0.15) is 12.7 Å². The smallest absolute Gasteiger partial charge is 0.336 e. The largest absolute Gasteiger partial charge is 0.399 e. The molecule has 0 amide bonds. The Labute approximate surface area is 126 Å². The second-order valence-electron chi connectivity index (χ2n) is 5.06. The number of nitrogens with two attached hydrogens (primary N) is 1. The van der Waals surface area contributed by atoms with Gasteiger partial charge in [0.25, 0.3) is 0 Å². The summed E-state index contributed by atoms with van der Waals surface area (Å²) < 4.78 is 33.8. The van der Waals surface area contributed by atoms with Gasteiger partial charge in [0.1, 0.15) is 0 Å². The Morgan fingerprint density at radius 3 is 2.45 bits per heavy atom. The van der Waals surface area contributed by atoms with Crippen molar-refractivity contribution in [3.8, 4) is 0 Å². The van der Waals surface area contributed by atoms with E-state index in [1.807, 2.05) is 6.07 Å². The fraction of sp³-hybridized carbons (Fsp3) is 0.538. The lowest BCUT2D eigenvalue weighted by atomic mass is 9.95. The summed E-state index contributed by atoms with van der Waals surface area (Å²) in [7, 11) is -4.18. The van der Waals surface area contributed by atoms with Crippen LogP contribution in [0.5, 0.6) is 0 Å². The lowest BCUT2D eigenvalue weighted by Crippen LogP contribution is -2.40. The van der Waals surface area contributed by atoms with Gasteiger partial charge in [-0.05, 0) is 30.5 Å². The molecule has 1 fully saturated rings. The van der Waals surface area contributed by atoms with Gasteiger partial charge in [0, 0.05) is 18.3 Å². The van der Waals surface area contributed by atoms with Gasteiger partial charge in [-0.1, -0.05) is 31.4 Å². The molecule has 1 aromatic carbocycles. The minimum absolute atomic E-state index is 0. The number of anilines is 1. The minimum atomic E-state index is -4.18. The number of nitrogen functional groups attached to an aromatic ring is 1. The van der Waals surface area contributed by atoms with Crippen LogP contribution in [0, 0.1) is 0 Å². The van der Waals surface area contributed by atoms with Gasteiger partial charge < -0.3 is 5.73 Å². The van der Waals surface area contributed by atoms with Crippen LogP contribution in [0.25, 0.3) is 0 Å². The average Bonchev–Trinajstić information content (AvgIpc) is 2.36. The maximum absolute atomic E-state index is 11.6. The molecule has 5 nitrogen and oxygen atoms in total. The molecule has 0 saturated heterocycles. The molecule has 0 bridgehead atoms. The molecule has 0 spiro atoms. The molecule has 7 heteroatoms. The Hall–Kier alpha value is -0.820. The van der Waals surface area contributed by atoms with E-state index in [9.17, 15) is 13.0 Å². The Kier molecular flexibility index (Phi) is 6.26. The average molecular weight is 321 g/mol. The van der Waals surface area contributed by atoms with Crippen molar-refractivity contribution < 1.29 is 13.0 Å². The highest BCUT2D eigenvalue weighted by molar-refractivity contribution is 7.83. The minimum Gasteiger partial charge on any atom is -0.399 e. The van der Waals surface area contributed by atoms with Gasteiger partial charge >= 0.3 is 10.3 Å². The topological polar surface area (TPSA) is 83.6 Å². The first-order chi connectivity index (χ1) is 8.97. The lowest BCUT2D eigenvalue weighted by molar-refractivity contribution is 0.227. The van der Waals surface area contributed by atoms with Gasteiger partial charge in [-0.15, -0.1) is 12.4 Å². The zero-order chi connectivity index (χ0) is 13.9. The van der Waals surface area contributed by atoms with Crippen molar-refractivity contribution >= 4 is 28.4 Å². The van der Waals surface area contributed by atoms with Crippen molar-refractivity contribution in [1.82, 2.24) is 4.31 Å². The Balaban J connectivity index is 0.00000200. The van der Waals surface area contributed by atoms with Crippen molar-refractivity contribution in [2.45, 2.75) is 44.7 Å². The van der Waals surface area contributed by atoms with Crippen molar-refractivity contribution in [3.63, 3.8) is 0 Å². The molecule has 0 unspecified atom stereocenters. The van der Waals surface area contributed by atoms with Crippen LogP contribution in [0.2, 0.25) is 0 Å². The third kappa shape index (κ3) is 4.63. The number of hydrogen-bond acceptors (Lipinski definition) is 3. The summed E-state index contributed by atoms with van der Waals surface area (Å²) >= 11 is 0. The monoisotopic (exact) mass is 320 g/mol. The molecule has 1 aromatic rings. The van der Waals surface area contributed by atoms with Crippen LogP contribution >= 0.6 is 12.4 Å². The number of hydrogen-bond donors (Lipinski definition) is 2. The second-order valence-corrected chi connectivity index (χ2v) is 6.42. The summed E-state index contributed by atoms with van der Waals surface area (Å²) in [6, 6.07) is 6.98. The van der Waals surface area contributed by atoms with Crippen molar-refractivity contribution in [2.75, 3.05) is 5.73 Å². The first kappa shape index (κ1) is 17.2. The van der Waals surface area contributed by atoms with E-state index < -0.39 is 10.3 Å². The predicted octanol–water partition coefficient (Wildman–Crippen LogP) is 2.63. The third-order valence-electron chi connectivity index (χ3n) is 3.57. The van der Waals surface area contributed by atoms with E-state index in [1.54, 1.807) is 18.2 Å². The predicted molar refractivity (Wildman–Crippen MR) is 82.1 cm³/mol. The molecule has 1 saturated carbocycles. The Bertz CT molecular complexity index is 530. The highest BCUT2D eigenvalue weighted by atomic mass is 35.5. The summed E-state index contributed by atoms with van der Waals surface area (Å²) in [5, 5.41) is 0. The zero-order valence-electron chi connectivity index (χ0n) is 11.2. The van der Waals surface area contributed by atoms with E-state index in [0.717, 1.165) is 37.7 Å². The van der Waals surface area contributed by atoms with E-state index in [1.165, 1.54) is 4.31 Å². The molecule has 1 aliphatic rings. The van der Waals surface area contributed by atoms with Crippen LogP contribution in [0.3, 0.4) is 0 Å². The summed E-state index contributed by atoms with van der Waals surface area (Å²) in [6.07, 6.45) is 4.76. The lowest BCUT2D eigenvalue weighted by Gasteiger charge is -2.31. The van der Waals surface area contributed by atoms with Gasteiger partial charge in [0.05, 0.1) is 0 Å². The molecule has 20 heavy (non-hydrogen) atoms. The van der Waals surface area contributed by atoms with Crippen LogP contribution in [0.15, 0.2) is 24.3 Å². The molecule has 0 heterocycles. The maximum Gasteiger partial charge on any atom is 0.336 e. The summed E-state index contributed by atoms with van der Waals surface area (Å²) in [5.41, 5.74) is 7.08. The molecule has 0 radical (unpaired) electrons. The molecule has 1 aliphatic carbocycles. The zero-order valence-corrected chi connectivity index (χ0v) is 12.9. The molecule has 114 valence electrons. The number of halogens is 1. The standard InChI is InChI=1S/C13H20N2O3S.ClH/c14-12-6-4-5-11(9-12)10-15(19(16,17)18)13-7-2-1-3-8-13;/h4-6,9,13H,1-3,7-8,10,14H2,(H,16,17,18);1H. The van der Waals surface area contributed by atoms with Gasteiger partial charge in [-0.3, -0.25) is 4.55 Å². The summed E-state index contributed by atoms with van der Waals surface area (Å²) in [5.74, 6) is 0. The summed E-state index contributed by atoms with van der Waals surface area (Å²) in [6.45, 7) is 0.175. The van der Waals surface area contributed by atoms with Crippen molar-refractivity contribution in [3.05, 3.63) is 29.8 Å². The number of benzene rings is 1.